The summed E-state index contributed by atoms with van der Waals surface area (Å²) in [6.45, 7) is 0. The molecule has 0 fully saturated rings. The van der Waals surface area contributed by atoms with Gasteiger partial charge >= 0.3 is 0 Å². The molecule has 1 heterocycles. The lowest BCUT2D eigenvalue weighted by atomic mass is 10.0. The Morgan fingerprint density at radius 3 is 2.42 bits per heavy atom. The fourth-order valence-corrected chi connectivity index (χ4v) is 1.58. The zero-order chi connectivity index (χ0) is 14.0. The van der Waals surface area contributed by atoms with Crippen LogP contribution in [0.3, 0.4) is 0 Å². The predicted molar refractivity (Wildman–Crippen MR) is 63.0 cm³/mol. The van der Waals surface area contributed by atoms with E-state index in [0.29, 0.717) is 23.4 Å². The third-order valence-electron chi connectivity index (χ3n) is 2.60. The molecule has 19 heavy (non-hydrogen) atoms. The summed E-state index contributed by atoms with van der Waals surface area (Å²) in [4.78, 5) is 15.6. The number of benzene rings is 1. The van der Waals surface area contributed by atoms with Gasteiger partial charge in [-0.05, 0) is 18.2 Å². The van der Waals surface area contributed by atoms with Crippen LogP contribution in [0.5, 0.6) is 0 Å². The molecule has 0 radical (unpaired) electrons. The number of hydrogen-bond donors (Lipinski definition) is 1. The highest BCUT2D eigenvalue weighted by Gasteiger charge is 2.16. The van der Waals surface area contributed by atoms with Crippen LogP contribution in [0.15, 0.2) is 30.6 Å². The van der Waals surface area contributed by atoms with Crippen molar-refractivity contribution in [3.8, 4) is 0 Å². The van der Waals surface area contributed by atoms with Gasteiger partial charge in [0.25, 0.3) is 0 Å². The van der Waals surface area contributed by atoms with Gasteiger partial charge in [0.15, 0.2) is 23.2 Å². The van der Waals surface area contributed by atoms with Gasteiger partial charge in [0.2, 0.25) is 0 Å². The van der Waals surface area contributed by atoms with E-state index in [9.17, 15) is 18.0 Å². The van der Waals surface area contributed by atoms with Crippen molar-refractivity contribution in [2.24, 2.45) is 0 Å². The zero-order valence-electron chi connectivity index (χ0n) is 9.66. The van der Waals surface area contributed by atoms with E-state index in [4.69, 9.17) is 5.73 Å². The number of halogens is 3. The van der Waals surface area contributed by atoms with Crippen molar-refractivity contribution in [1.82, 2.24) is 4.98 Å². The quantitative estimate of drug-likeness (QED) is 0.686. The first-order valence-corrected chi connectivity index (χ1v) is 5.35. The maximum Gasteiger partial charge on any atom is 0.194 e. The highest BCUT2D eigenvalue weighted by Crippen LogP contribution is 2.17. The predicted octanol–water partition coefficient (Wildman–Crippen LogP) is 2.51. The Kier molecular flexibility index (Phi) is 3.50. The Bertz CT molecular complexity index is 621. The van der Waals surface area contributed by atoms with E-state index >= 15 is 0 Å². The van der Waals surface area contributed by atoms with Gasteiger partial charge < -0.3 is 5.73 Å². The molecule has 3 nitrogen and oxygen atoms in total. The molecule has 0 aliphatic rings. The van der Waals surface area contributed by atoms with E-state index in [-0.39, 0.29) is 12.0 Å². The third-order valence-corrected chi connectivity index (χ3v) is 2.60. The highest BCUT2D eigenvalue weighted by atomic mass is 19.2. The lowest BCUT2D eigenvalue weighted by Crippen LogP contribution is -2.08. The van der Waals surface area contributed by atoms with E-state index in [1.807, 2.05) is 0 Å². The van der Waals surface area contributed by atoms with Crippen molar-refractivity contribution in [3.05, 3.63) is 59.2 Å². The second-order valence-corrected chi connectivity index (χ2v) is 3.93. The molecule has 0 saturated carbocycles. The summed E-state index contributed by atoms with van der Waals surface area (Å²) in [7, 11) is 0. The van der Waals surface area contributed by atoms with Crippen LogP contribution in [0.25, 0.3) is 0 Å². The summed E-state index contributed by atoms with van der Waals surface area (Å²) < 4.78 is 38.8. The number of pyridine rings is 1. The van der Waals surface area contributed by atoms with Crippen LogP contribution in [0.2, 0.25) is 0 Å². The number of nitrogens with two attached hydrogens (primary N) is 1. The van der Waals surface area contributed by atoms with Gasteiger partial charge in [-0.15, -0.1) is 0 Å². The maximum atomic E-state index is 13.0. The first-order valence-electron chi connectivity index (χ1n) is 5.35. The van der Waals surface area contributed by atoms with E-state index in [1.54, 1.807) is 0 Å². The van der Waals surface area contributed by atoms with Crippen molar-refractivity contribution >= 4 is 11.5 Å². The molecule has 0 bridgehead atoms. The van der Waals surface area contributed by atoms with E-state index < -0.39 is 23.2 Å². The number of Topliss-reactive ketones (excluding diaryl/α,β-unsaturated/α-hetero) is 1. The lowest BCUT2D eigenvalue weighted by molar-refractivity contribution is 0.0992. The van der Waals surface area contributed by atoms with Crippen LogP contribution in [-0.4, -0.2) is 10.8 Å². The highest BCUT2D eigenvalue weighted by molar-refractivity contribution is 5.98. The van der Waals surface area contributed by atoms with E-state index in [0.717, 1.165) is 0 Å². The Balaban J connectivity index is 2.28. The van der Waals surface area contributed by atoms with Crippen molar-refractivity contribution in [3.63, 3.8) is 0 Å². The largest absolute Gasteiger partial charge is 0.398 e. The van der Waals surface area contributed by atoms with Gasteiger partial charge in [-0.25, -0.2) is 13.2 Å². The van der Waals surface area contributed by atoms with Crippen LogP contribution in [0.1, 0.15) is 15.9 Å². The standard InChI is InChI=1S/C13H9F3N2O/c14-9-3-7(4-10(15)13(9)16)12(19)5-8-6-18-2-1-11(8)17/h1-4,6H,5H2,(H2,17,18). The van der Waals surface area contributed by atoms with Crippen LogP contribution < -0.4 is 5.73 Å². The lowest BCUT2D eigenvalue weighted by Gasteiger charge is -2.05. The molecule has 1 aromatic heterocycles. The molecule has 98 valence electrons. The van der Waals surface area contributed by atoms with Gasteiger partial charge in [0, 0.05) is 35.6 Å². The Hall–Kier alpha value is -2.37. The molecular weight excluding hydrogens is 257 g/mol. The van der Waals surface area contributed by atoms with Crippen LogP contribution in [0.4, 0.5) is 18.9 Å². The van der Waals surface area contributed by atoms with Gasteiger partial charge in [-0.2, -0.15) is 0 Å². The van der Waals surface area contributed by atoms with Crippen molar-refractivity contribution in [1.29, 1.82) is 0 Å². The third kappa shape index (κ3) is 2.73. The summed E-state index contributed by atoms with van der Waals surface area (Å²) in [5.41, 5.74) is 6.18. The molecule has 2 rings (SSSR count). The average molecular weight is 266 g/mol. The number of hydrogen-bond acceptors (Lipinski definition) is 3. The Morgan fingerprint density at radius 1 is 1.21 bits per heavy atom. The number of carbonyl (C=O) groups is 1. The molecule has 0 saturated heterocycles. The van der Waals surface area contributed by atoms with Gasteiger partial charge in [-0.1, -0.05) is 0 Å². The minimum atomic E-state index is -1.60. The molecule has 0 aliphatic heterocycles. The van der Waals surface area contributed by atoms with Gasteiger partial charge in [0.1, 0.15) is 0 Å². The smallest absolute Gasteiger partial charge is 0.194 e. The molecule has 0 amide bonds. The zero-order valence-corrected chi connectivity index (χ0v) is 9.66. The summed E-state index contributed by atoms with van der Waals surface area (Å²) >= 11 is 0. The van der Waals surface area contributed by atoms with Crippen LogP contribution in [0, 0.1) is 17.5 Å². The van der Waals surface area contributed by atoms with Crippen molar-refractivity contribution in [2.45, 2.75) is 6.42 Å². The van der Waals surface area contributed by atoms with E-state index in [1.165, 1.54) is 18.5 Å². The second kappa shape index (κ2) is 5.09. The summed E-state index contributed by atoms with van der Waals surface area (Å²) in [6.07, 6.45) is 2.69. The number of rotatable bonds is 3. The monoisotopic (exact) mass is 266 g/mol. The molecule has 0 atom stereocenters. The molecule has 6 heteroatoms. The number of aromatic nitrogens is 1. The Morgan fingerprint density at radius 2 is 1.84 bits per heavy atom. The Labute approximate surface area is 106 Å². The number of anilines is 1. The average Bonchev–Trinajstić information content (AvgIpc) is 2.38. The number of ketones is 1. The topological polar surface area (TPSA) is 56.0 Å². The van der Waals surface area contributed by atoms with Crippen LogP contribution >= 0.6 is 0 Å². The number of carbonyl (C=O) groups excluding carboxylic acids is 1. The molecule has 0 spiro atoms. The molecule has 2 N–H and O–H groups in total. The summed E-state index contributed by atoms with van der Waals surface area (Å²) in [5, 5.41) is 0. The minimum Gasteiger partial charge on any atom is -0.398 e. The van der Waals surface area contributed by atoms with Crippen LogP contribution in [-0.2, 0) is 6.42 Å². The number of nitrogens with zero attached hydrogens (tertiary/aromatic N) is 1. The maximum absolute atomic E-state index is 13.0. The molecule has 0 aliphatic carbocycles. The summed E-state index contributed by atoms with van der Waals surface area (Å²) in [5.74, 6) is -4.97. The fourth-order valence-electron chi connectivity index (χ4n) is 1.58. The number of nitrogen functional groups attached to an aromatic ring is 1. The first-order chi connectivity index (χ1) is 8.99. The first kappa shape index (κ1) is 13.1. The van der Waals surface area contributed by atoms with Gasteiger partial charge in [-0.3, -0.25) is 9.78 Å². The van der Waals surface area contributed by atoms with E-state index in [2.05, 4.69) is 4.98 Å². The molecule has 0 unspecified atom stereocenters. The summed E-state index contributed by atoms with van der Waals surface area (Å²) in [6, 6.07) is 2.83. The molecular formula is C13H9F3N2O. The normalized spacial score (nSPS) is 10.5. The minimum absolute atomic E-state index is 0.163. The molecule has 1 aromatic carbocycles. The SMILES string of the molecule is Nc1ccncc1CC(=O)c1cc(F)c(F)c(F)c1. The second-order valence-electron chi connectivity index (χ2n) is 3.93. The van der Waals surface area contributed by atoms with Gasteiger partial charge in [0.05, 0.1) is 0 Å². The van der Waals surface area contributed by atoms with Crippen molar-refractivity contribution < 1.29 is 18.0 Å². The molecule has 2 aromatic rings. The van der Waals surface area contributed by atoms with Crippen molar-refractivity contribution in [2.75, 3.05) is 5.73 Å². The fraction of sp³-hybridized carbons (Fsp3) is 0.0769.